The first-order chi connectivity index (χ1) is 7.07. The molecule has 0 unspecified atom stereocenters. The van der Waals surface area contributed by atoms with Crippen LogP contribution in [-0.2, 0) is 0 Å². The van der Waals surface area contributed by atoms with E-state index in [9.17, 15) is 8.78 Å². The number of hydrogen-bond donors (Lipinski definition) is 1. The molecule has 15 heavy (non-hydrogen) atoms. The maximum Gasteiger partial charge on any atom is 0.256 e. The van der Waals surface area contributed by atoms with E-state index in [1.54, 1.807) is 0 Å². The van der Waals surface area contributed by atoms with Crippen molar-refractivity contribution in [1.29, 1.82) is 0 Å². The average molecular weight is 216 g/mol. The Bertz CT molecular complexity index is 263. The van der Waals surface area contributed by atoms with Gasteiger partial charge in [0.05, 0.1) is 0 Å². The normalized spacial score (nSPS) is 51.0. The zero-order valence-electron chi connectivity index (χ0n) is 8.88. The smallest absolute Gasteiger partial charge is 0.256 e. The van der Waals surface area contributed by atoms with Gasteiger partial charge in [-0.05, 0) is 50.4 Å². The molecule has 1 nitrogen and oxygen atoms in total. The topological polar surface area (TPSA) is 20.2 Å². The fourth-order valence-corrected chi connectivity index (χ4v) is 4.67. The minimum Gasteiger partial charge on any atom is -0.396 e. The van der Waals surface area contributed by atoms with Crippen molar-refractivity contribution in [2.45, 2.75) is 44.4 Å². The van der Waals surface area contributed by atoms with E-state index in [4.69, 9.17) is 5.11 Å². The highest BCUT2D eigenvalue weighted by molar-refractivity contribution is 5.10. The molecule has 1 N–H and O–H groups in total. The summed E-state index contributed by atoms with van der Waals surface area (Å²) in [5.41, 5.74) is -0.837. The van der Waals surface area contributed by atoms with Gasteiger partial charge in [0.1, 0.15) is 0 Å². The largest absolute Gasteiger partial charge is 0.396 e. The lowest BCUT2D eigenvalue weighted by Crippen LogP contribution is -2.60. The van der Waals surface area contributed by atoms with Gasteiger partial charge in [0.15, 0.2) is 0 Å². The molecule has 0 aromatic heterocycles. The van der Waals surface area contributed by atoms with E-state index in [2.05, 4.69) is 0 Å². The Balaban J connectivity index is 1.97. The summed E-state index contributed by atoms with van der Waals surface area (Å²) < 4.78 is 28.5. The monoisotopic (exact) mass is 216 g/mol. The number of halogens is 2. The molecule has 4 fully saturated rings. The summed E-state index contributed by atoms with van der Waals surface area (Å²) >= 11 is 0. The summed E-state index contributed by atoms with van der Waals surface area (Å²) in [7, 11) is 0. The van der Waals surface area contributed by atoms with E-state index >= 15 is 0 Å². The van der Waals surface area contributed by atoms with E-state index in [0.29, 0.717) is 31.1 Å². The fraction of sp³-hybridized carbons (Fsp3) is 1.00. The van der Waals surface area contributed by atoms with Crippen LogP contribution in [0.3, 0.4) is 0 Å². The first-order valence-corrected chi connectivity index (χ1v) is 6.06. The number of alkyl halides is 2. The van der Waals surface area contributed by atoms with Crippen LogP contribution < -0.4 is 0 Å². The van der Waals surface area contributed by atoms with Gasteiger partial charge < -0.3 is 5.11 Å². The van der Waals surface area contributed by atoms with E-state index < -0.39 is 11.3 Å². The minimum absolute atomic E-state index is 0.0816. The zero-order chi connectivity index (χ0) is 10.7. The van der Waals surface area contributed by atoms with E-state index in [-0.39, 0.29) is 12.5 Å². The Morgan fingerprint density at radius 1 is 1.07 bits per heavy atom. The third-order valence-electron chi connectivity index (χ3n) is 5.07. The molecule has 0 radical (unpaired) electrons. The third kappa shape index (κ3) is 1.16. The van der Waals surface area contributed by atoms with Crippen LogP contribution in [-0.4, -0.2) is 17.6 Å². The van der Waals surface area contributed by atoms with E-state index in [1.807, 2.05) is 0 Å². The molecule has 4 saturated carbocycles. The lowest BCUT2D eigenvalue weighted by Gasteiger charge is -2.60. The Morgan fingerprint density at radius 3 is 2.20 bits per heavy atom. The molecular weight excluding hydrogens is 198 g/mol. The summed E-state index contributed by atoms with van der Waals surface area (Å²) in [6.45, 7) is -0.0816. The summed E-state index contributed by atoms with van der Waals surface area (Å²) in [6.07, 6.45) is 4.26. The van der Waals surface area contributed by atoms with Gasteiger partial charge in [-0.2, -0.15) is 0 Å². The second-order valence-electron chi connectivity index (χ2n) is 5.92. The molecule has 3 heteroatoms. The SMILES string of the molecule is OCCC12C[C@@H]3CC(C[C@H](C3)C1)C2(F)F. The molecule has 4 rings (SSSR count). The summed E-state index contributed by atoms with van der Waals surface area (Å²) in [6, 6.07) is 0. The van der Waals surface area contributed by atoms with Gasteiger partial charge in [-0.25, -0.2) is 8.78 Å². The highest BCUT2D eigenvalue weighted by atomic mass is 19.3. The molecule has 0 spiro atoms. The number of aliphatic hydroxyl groups is 1. The van der Waals surface area contributed by atoms with Gasteiger partial charge in [-0.3, -0.25) is 0 Å². The van der Waals surface area contributed by atoms with Gasteiger partial charge in [0.2, 0.25) is 0 Å². The van der Waals surface area contributed by atoms with Crippen molar-refractivity contribution >= 4 is 0 Å². The predicted molar refractivity (Wildman–Crippen MR) is 52.6 cm³/mol. The second kappa shape index (κ2) is 2.93. The minimum atomic E-state index is -2.51. The zero-order valence-corrected chi connectivity index (χ0v) is 8.88. The summed E-state index contributed by atoms with van der Waals surface area (Å²) in [5.74, 6) is -1.85. The molecule has 0 heterocycles. The molecule has 0 aromatic rings. The molecule has 4 aliphatic rings. The predicted octanol–water partition coefficient (Wildman–Crippen LogP) is 2.83. The lowest BCUT2D eigenvalue weighted by atomic mass is 9.47. The first-order valence-electron chi connectivity index (χ1n) is 6.06. The third-order valence-corrected chi connectivity index (χ3v) is 5.07. The standard InChI is InChI=1S/C12H18F2O/c13-12(14)10-4-8-3-9(5-10)7-11(12,6-8)1-2-15/h8-10,15H,1-7H2/t8-,9-,10?,11?/m0/s1. The van der Waals surface area contributed by atoms with Gasteiger partial charge >= 0.3 is 0 Å². The van der Waals surface area contributed by atoms with Crippen LogP contribution in [0.1, 0.15) is 38.5 Å². The van der Waals surface area contributed by atoms with Gasteiger partial charge in [0, 0.05) is 17.9 Å². The van der Waals surface area contributed by atoms with E-state index in [0.717, 1.165) is 12.8 Å². The Labute approximate surface area is 88.9 Å². The van der Waals surface area contributed by atoms with Crippen molar-refractivity contribution in [2.24, 2.45) is 23.2 Å². The van der Waals surface area contributed by atoms with Crippen molar-refractivity contribution in [3.63, 3.8) is 0 Å². The van der Waals surface area contributed by atoms with Crippen LogP contribution in [0.2, 0.25) is 0 Å². The molecule has 0 aromatic carbocycles. The quantitative estimate of drug-likeness (QED) is 0.752. The van der Waals surface area contributed by atoms with Crippen molar-refractivity contribution < 1.29 is 13.9 Å². The van der Waals surface area contributed by atoms with Gasteiger partial charge in [0.25, 0.3) is 5.92 Å². The molecule has 4 aliphatic carbocycles. The molecule has 0 saturated heterocycles. The van der Waals surface area contributed by atoms with Crippen LogP contribution >= 0.6 is 0 Å². The van der Waals surface area contributed by atoms with Crippen molar-refractivity contribution in [3.05, 3.63) is 0 Å². The number of rotatable bonds is 2. The van der Waals surface area contributed by atoms with Crippen LogP contribution in [0.4, 0.5) is 8.78 Å². The number of aliphatic hydroxyl groups excluding tert-OH is 1. The second-order valence-corrected chi connectivity index (χ2v) is 5.92. The summed E-state index contributed by atoms with van der Waals surface area (Å²) in [4.78, 5) is 0. The van der Waals surface area contributed by atoms with Crippen molar-refractivity contribution in [3.8, 4) is 0 Å². The molecular formula is C12H18F2O. The molecule has 2 atom stereocenters. The van der Waals surface area contributed by atoms with Crippen LogP contribution in [0.5, 0.6) is 0 Å². The van der Waals surface area contributed by atoms with Crippen LogP contribution in [0.15, 0.2) is 0 Å². The van der Waals surface area contributed by atoms with Crippen molar-refractivity contribution in [2.75, 3.05) is 6.61 Å². The maximum atomic E-state index is 14.2. The lowest BCUT2D eigenvalue weighted by molar-refractivity contribution is -0.260. The average Bonchev–Trinajstić information content (AvgIpc) is 2.14. The van der Waals surface area contributed by atoms with Crippen LogP contribution in [0.25, 0.3) is 0 Å². The fourth-order valence-electron chi connectivity index (χ4n) is 4.67. The Morgan fingerprint density at radius 2 is 1.67 bits per heavy atom. The molecule has 0 aliphatic heterocycles. The molecule has 86 valence electrons. The van der Waals surface area contributed by atoms with Gasteiger partial charge in [-0.15, -0.1) is 0 Å². The molecule has 4 bridgehead atoms. The first kappa shape index (κ1) is 10.0. The van der Waals surface area contributed by atoms with Crippen molar-refractivity contribution in [1.82, 2.24) is 0 Å². The maximum absolute atomic E-state index is 14.2. The number of hydrogen-bond acceptors (Lipinski definition) is 1. The van der Waals surface area contributed by atoms with Gasteiger partial charge in [-0.1, -0.05) is 0 Å². The highest BCUT2D eigenvalue weighted by Gasteiger charge is 2.66. The van der Waals surface area contributed by atoms with E-state index in [1.165, 1.54) is 6.42 Å². The molecule has 0 amide bonds. The summed E-state index contributed by atoms with van der Waals surface area (Å²) in [5, 5.41) is 9.03. The Kier molecular flexibility index (Phi) is 1.96. The highest BCUT2D eigenvalue weighted by Crippen LogP contribution is 2.67. The Hall–Kier alpha value is -0.180. The van der Waals surface area contributed by atoms with Crippen LogP contribution in [0, 0.1) is 23.2 Å².